The Morgan fingerprint density at radius 2 is 1.58 bits per heavy atom. The standard InChI is InChI=1S/C28H29ClF2N2O3/c1-15-11-20(9-10-23(15)29)25(26(30)31)32-22-8-6-7-19(14-22)21-12-16(2)24(17(3)13-21)27(34)33(5)18(4)28(35)36/h6-14,18,25-26,32H,1-5H3,(H,35,36). The third-order valence-corrected chi connectivity index (χ3v) is 6.74. The van der Waals surface area contributed by atoms with Gasteiger partial charge in [0.25, 0.3) is 12.3 Å². The van der Waals surface area contributed by atoms with Crippen molar-refractivity contribution in [1.29, 1.82) is 0 Å². The van der Waals surface area contributed by atoms with Crippen molar-refractivity contribution in [2.45, 2.75) is 46.2 Å². The van der Waals surface area contributed by atoms with Gasteiger partial charge >= 0.3 is 5.97 Å². The van der Waals surface area contributed by atoms with Gasteiger partial charge in [-0.2, -0.15) is 0 Å². The van der Waals surface area contributed by atoms with E-state index in [0.29, 0.717) is 33.0 Å². The number of alkyl halides is 2. The molecule has 8 heteroatoms. The minimum absolute atomic E-state index is 0.375. The highest BCUT2D eigenvalue weighted by molar-refractivity contribution is 6.31. The zero-order chi connectivity index (χ0) is 26.7. The SMILES string of the molecule is Cc1cc(C(Nc2cccc(-c3cc(C)c(C(=O)N(C)C(C)C(=O)O)c(C)c3)c2)C(F)F)ccc1Cl. The molecule has 3 aromatic rings. The molecule has 190 valence electrons. The molecule has 3 rings (SSSR count). The Bertz CT molecular complexity index is 1270. The van der Waals surface area contributed by atoms with Crippen LogP contribution in [0, 0.1) is 20.8 Å². The summed E-state index contributed by atoms with van der Waals surface area (Å²) in [5.41, 5.74) is 5.12. The maximum atomic E-state index is 14.0. The summed E-state index contributed by atoms with van der Waals surface area (Å²) < 4.78 is 27.9. The van der Waals surface area contributed by atoms with Crippen LogP contribution in [0.25, 0.3) is 11.1 Å². The number of likely N-dealkylation sites (N-methyl/N-ethyl adjacent to an activating group) is 1. The van der Waals surface area contributed by atoms with Crippen LogP contribution in [0.2, 0.25) is 5.02 Å². The van der Waals surface area contributed by atoms with E-state index < -0.39 is 24.5 Å². The summed E-state index contributed by atoms with van der Waals surface area (Å²) in [5.74, 6) is -1.46. The van der Waals surface area contributed by atoms with Gasteiger partial charge in [0.05, 0.1) is 0 Å². The molecule has 0 aromatic heterocycles. The number of amides is 1. The molecule has 0 bridgehead atoms. The van der Waals surface area contributed by atoms with E-state index >= 15 is 0 Å². The fourth-order valence-corrected chi connectivity index (χ4v) is 4.22. The largest absolute Gasteiger partial charge is 0.480 e. The Morgan fingerprint density at radius 3 is 2.14 bits per heavy atom. The second-order valence-corrected chi connectivity index (χ2v) is 9.37. The monoisotopic (exact) mass is 514 g/mol. The third-order valence-electron chi connectivity index (χ3n) is 6.32. The van der Waals surface area contributed by atoms with E-state index in [1.54, 1.807) is 57.2 Å². The van der Waals surface area contributed by atoms with Crippen LogP contribution >= 0.6 is 11.6 Å². The molecule has 3 aromatic carbocycles. The summed E-state index contributed by atoms with van der Waals surface area (Å²) in [6.07, 6.45) is -2.64. The number of carbonyl (C=O) groups is 2. The van der Waals surface area contributed by atoms with E-state index in [1.165, 1.54) is 18.9 Å². The molecule has 0 aliphatic heterocycles. The lowest BCUT2D eigenvalue weighted by Crippen LogP contribution is -2.40. The number of rotatable bonds is 8. The van der Waals surface area contributed by atoms with Crippen molar-refractivity contribution < 1.29 is 23.5 Å². The fraction of sp³-hybridized carbons (Fsp3) is 0.286. The molecule has 0 heterocycles. The third kappa shape index (κ3) is 5.85. The number of carboxylic acids is 1. The molecule has 1 amide bonds. The second kappa shape index (κ2) is 11.1. The Morgan fingerprint density at radius 1 is 0.944 bits per heavy atom. The zero-order valence-electron chi connectivity index (χ0n) is 20.8. The van der Waals surface area contributed by atoms with E-state index in [2.05, 4.69) is 5.32 Å². The molecule has 0 radical (unpaired) electrons. The van der Waals surface area contributed by atoms with Gasteiger partial charge in [-0.3, -0.25) is 4.79 Å². The highest BCUT2D eigenvalue weighted by Crippen LogP contribution is 2.32. The van der Waals surface area contributed by atoms with Crippen LogP contribution in [0.4, 0.5) is 14.5 Å². The molecule has 36 heavy (non-hydrogen) atoms. The number of hydrogen-bond donors (Lipinski definition) is 2. The number of nitrogens with one attached hydrogen (secondary N) is 1. The van der Waals surface area contributed by atoms with Crippen LogP contribution in [0.3, 0.4) is 0 Å². The van der Waals surface area contributed by atoms with Crippen LogP contribution in [-0.4, -0.2) is 41.4 Å². The molecular formula is C28H29ClF2N2O3. The average Bonchev–Trinajstić information content (AvgIpc) is 2.82. The van der Waals surface area contributed by atoms with Crippen LogP contribution < -0.4 is 5.32 Å². The quantitative estimate of drug-likeness (QED) is 0.343. The summed E-state index contributed by atoms with van der Waals surface area (Å²) in [6.45, 7) is 6.81. The lowest BCUT2D eigenvalue weighted by Gasteiger charge is -2.24. The maximum Gasteiger partial charge on any atom is 0.326 e. The van der Waals surface area contributed by atoms with Crippen molar-refractivity contribution in [1.82, 2.24) is 4.90 Å². The Hall–Kier alpha value is -3.45. The zero-order valence-corrected chi connectivity index (χ0v) is 21.5. The van der Waals surface area contributed by atoms with Gasteiger partial charge < -0.3 is 15.3 Å². The number of aryl methyl sites for hydroxylation is 3. The second-order valence-electron chi connectivity index (χ2n) is 8.96. The maximum absolute atomic E-state index is 14.0. The van der Waals surface area contributed by atoms with Gasteiger partial charge in [0, 0.05) is 23.3 Å². The van der Waals surface area contributed by atoms with E-state index in [4.69, 9.17) is 11.6 Å². The lowest BCUT2D eigenvalue weighted by molar-refractivity contribution is -0.141. The molecule has 0 saturated carbocycles. The van der Waals surface area contributed by atoms with Gasteiger partial charge in [-0.25, -0.2) is 13.6 Å². The Kier molecular flexibility index (Phi) is 8.35. The molecular weight excluding hydrogens is 486 g/mol. The predicted molar refractivity (Wildman–Crippen MR) is 139 cm³/mol. The number of aliphatic carboxylic acids is 1. The number of halogens is 3. The first-order valence-electron chi connectivity index (χ1n) is 11.4. The van der Waals surface area contributed by atoms with Crippen molar-refractivity contribution in [3.63, 3.8) is 0 Å². The summed E-state index contributed by atoms with van der Waals surface area (Å²) in [6, 6.07) is 13.5. The minimum Gasteiger partial charge on any atom is -0.480 e. The predicted octanol–water partition coefficient (Wildman–Crippen LogP) is 6.90. The van der Waals surface area contributed by atoms with E-state index in [-0.39, 0.29) is 5.91 Å². The summed E-state index contributed by atoms with van der Waals surface area (Å²) in [7, 11) is 1.46. The molecule has 0 aliphatic carbocycles. The molecule has 2 unspecified atom stereocenters. The van der Waals surface area contributed by atoms with Gasteiger partial charge in [-0.15, -0.1) is 0 Å². The average molecular weight is 515 g/mol. The van der Waals surface area contributed by atoms with Gasteiger partial charge in [-0.1, -0.05) is 48.0 Å². The molecule has 2 atom stereocenters. The summed E-state index contributed by atoms with van der Waals surface area (Å²) in [5, 5.41) is 12.7. The van der Waals surface area contributed by atoms with Gasteiger partial charge in [0.15, 0.2) is 0 Å². The number of nitrogens with zero attached hydrogens (tertiary/aromatic N) is 1. The van der Waals surface area contributed by atoms with E-state index in [1.807, 2.05) is 18.2 Å². The number of benzene rings is 3. The van der Waals surface area contributed by atoms with E-state index in [9.17, 15) is 23.5 Å². The van der Waals surface area contributed by atoms with Crippen molar-refractivity contribution in [2.75, 3.05) is 12.4 Å². The van der Waals surface area contributed by atoms with Crippen molar-refractivity contribution in [3.8, 4) is 11.1 Å². The molecule has 0 fully saturated rings. The van der Waals surface area contributed by atoms with E-state index in [0.717, 1.165) is 16.7 Å². The Balaban J connectivity index is 1.92. The van der Waals surface area contributed by atoms with Crippen molar-refractivity contribution in [3.05, 3.63) is 87.4 Å². The van der Waals surface area contributed by atoms with Crippen molar-refractivity contribution >= 4 is 29.2 Å². The van der Waals surface area contributed by atoms with Crippen LogP contribution in [-0.2, 0) is 4.79 Å². The first-order valence-corrected chi connectivity index (χ1v) is 11.8. The topological polar surface area (TPSA) is 69.6 Å². The minimum atomic E-state index is -2.64. The molecule has 2 N–H and O–H groups in total. The number of anilines is 1. The summed E-state index contributed by atoms with van der Waals surface area (Å²) >= 11 is 6.06. The van der Waals surface area contributed by atoms with Crippen LogP contribution in [0.15, 0.2) is 54.6 Å². The number of carboxylic acid groups (broad SMARTS) is 1. The van der Waals surface area contributed by atoms with Gasteiger partial charge in [-0.05, 0) is 79.3 Å². The number of carbonyl (C=O) groups excluding carboxylic acids is 1. The summed E-state index contributed by atoms with van der Waals surface area (Å²) in [4.78, 5) is 25.5. The van der Waals surface area contributed by atoms with Gasteiger partial charge in [0.1, 0.15) is 12.1 Å². The van der Waals surface area contributed by atoms with Crippen molar-refractivity contribution in [2.24, 2.45) is 0 Å². The smallest absolute Gasteiger partial charge is 0.326 e. The van der Waals surface area contributed by atoms with Gasteiger partial charge in [0.2, 0.25) is 0 Å². The first kappa shape index (κ1) is 27.1. The molecule has 5 nitrogen and oxygen atoms in total. The molecule has 0 spiro atoms. The normalized spacial score (nSPS) is 12.8. The first-order chi connectivity index (χ1) is 16.9. The van der Waals surface area contributed by atoms with Crippen LogP contribution in [0.5, 0.6) is 0 Å². The lowest BCUT2D eigenvalue weighted by atomic mass is 9.94. The molecule has 0 saturated heterocycles. The highest BCUT2D eigenvalue weighted by Gasteiger charge is 2.26. The highest BCUT2D eigenvalue weighted by atomic mass is 35.5. The van der Waals surface area contributed by atoms with Crippen LogP contribution in [0.1, 0.15) is 45.6 Å². The number of hydrogen-bond acceptors (Lipinski definition) is 3. The fourth-order valence-electron chi connectivity index (χ4n) is 4.11. The Labute approximate surface area is 214 Å². The molecule has 0 aliphatic rings.